The van der Waals surface area contributed by atoms with E-state index in [9.17, 15) is 4.79 Å². The van der Waals surface area contributed by atoms with E-state index in [4.69, 9.17) is 0 Å². The minimum Gasteiger partial charge on any atom is -0.350 e. The molecule has 2 atom stereocenters. The normalized spacial score (nSPS) is 20.8. The number of nitrogens with one attached hydrogen (secondary N) is 2. The Balaban J connectivity index is 1.84. The van der Waals surface area contributed by atoms with Gasteiger partial charge in [-0.1, -0.05) is 28.1 Å². The van der Waals surface area contributed by atoms with Gasteiger partial charge in [0.15, 0.2) is 0 Å². The van der Waals surface area contributed by atoms with E-state index in [0.717, 1.165) is 29.5 Å². The van der Waals surface area contributed by atoms with Crippen LogP contribution in [-0.4, -0.2) is 19.0 Å². The van der Waals surface area contributed by atoms with Gasteiger partial charge in [-0.3, -0.25) is 4.79 Å². The number of halogens is 1. The Hall–Kier alpha value is -0.870. The minimum atomic E-state index is 0.0570. The van der Waals surface area contributed by atoms with E-state index in [2.05, 4.69) is 26.6 Å². The van der Waals surface area contributed by atoms with Crippen LogP contribution in [0.5, 0.6) is 0 Å². The average Bonchev–Trinajstić information content (AvgIpc) is 2.39. The Morgan fingerprint density at radius 1 is 1.58 bits per heavy atom. The van der Waals surface area contributed by atoms with Crippen molar-refractivity contribution in [3.8, 4) is 0 Å². The number of amides is 1. The fourth-order valence-electron chi connectivity index (χ4n) is 2.52. The molecule has 2 N–H and O–H groups in total. The monoisotopic (exact) mass is 324 g/mol. The van der Waals surface area contributed by atoms with E-state index in [1.54, 1.807) is 0 Å². The first-order valence-electron chi connectivity index (χ1n) is 6.90. The highest BCUT2D eigenvalue weighted by Crippen LogP contribution is 2.19. The predicted octanol–water partition coefficient (Wildman–Crippen LogP) is 3.02. The number of piperidine rings is 1. The Bertz CT molecular complexity index is 430. The van der Waals surface area contributed by atoms with Crippen LogP contribution in [0.3, 0.4) is 0 Å². The summed E-state index contributed by atoms with van der Waals surface area (Å²) < 4.78 is 1.04. The van der Waals surface area contributed by atoms with Crippen LogP contribution in [0, 0.1) is 5.92 Å². The lowest BCUT2D eigenvalue weighted by molar-refractivity contribution is -0.122. The molecule has 1 aliphatic heterocycles. The molecule has 0 saturated carbocycles. The maximum atomic E-state index is 12.0. The second-order valence-corrected chi connectivity index (χ2v) is 6.18. The van der Waals surface area contributed by atoms with Crippen molar-refractivity contribution in [3.63, 3.8) is 0 Å². The zero-order chi connectivity index (χ0) is 13.7. The standard InChI is InChI=1S/C15H21BrN2O/c1-11(13-5-2-6-14(16)9-13)18-15(19)8-12-4-3-7-17-10-12/h2,5-6,9,11-12,17H,3-4,7-8,10H2,1H3,(H,18,19)/t11-,12?/m1/s1. The zero-order valence-corrected chi connectivity index (χ0v) is 12.9. The number of carbonyl (C=O) groups is 1. The summed E-state index contributed by atoms with van der Waals surface area (Å²) in [7, 11) is 0. The molecule has 3 nitrogen and oxygen atoms in total. The average molecular weight is 325 g/mol. The van der Waals surface area contributed by atoms with Crippen molar-refractivity contribution in [1.29, 1.82) is 0 Å². The Morgan fingerprint density at radius 2 is 2.42 bits per heavy atom. The van der Waals surface area contributed by atoms with Crippen molar-refractivity contribution in [1.82, 2.24) is 10.6 Å². The summed E-state index contributed by atoms with van der Waals surface area (Å²) in [5, 5.41) is 6.43. The van der Waals surface area contributed by atoms with Gasteiger partial charge in [0.2, 0.25) is 5.91 Å². The summed E-state index contributed by atoms with van der Waals surface area (Å²) in [5.41, 5.74) is 1.13. The third-order valence-corrected chi connectivity index (χ3v) is 4.09. The number of rotatable bonds is 4. The van der Waals surface area contributed by atoms with Gasteiger partial charge in [-0.15, -0.1) is 0 Å². The summed E-state index contributed by atoms with van der Waals surface area (Å²) in [5.74, 6) is 0.643. The lowest BCUT2D eigenvalue weighted by Crippen LogP contribution is -2.35. The SMILES string of the molecule is C[C@@H](NC(=O)CC1CCCNC1)c1cccc(Br)c1. The van der Waals surface area contributed by atoms with E-state index in [0.29, 0.717) is 12.3 Å². The first-order valence-corrected chi connectivity index (χ1v) is 7.70. The minimum absolute atomic E-state index is 0.0570. The molecule has 2 rings (SSSR count). The zero-order valence-electron chi connectivity index (χ0n) is 11.3. The number of hydrogen-bond acceptors (Lipinski definition) is 2. The highest BCUT2D eigenvalue weighted by Gasteiger charge is 2.18. The van der Waals surface area contributed by atoms with Gasteiger partial charge in [-0.05, 0) is 56.5 Å². The molecule has 1 aromatic rings. The molecular weight excluding hydrogens is 304 g/mol. The first kappa shape index (κ1) is 14.5. The number of carbonyl (C=O) groups excluding carboxylic acids is 1. The third-order valence-electron chi connectivity index (χ3n) is 3.60. The van der Waals surface area contributed by atoms with Crippen molar-refractivity contribution >= 4 is 21.8 Å². The second-order valence-electron chi connectivity index (χ2n) is 5.26. The van der Waals surface area contributed by atoms with Gasteiger partial charge in [0.25, 0.3) is 0 Å². The van der Waals surface area contributed by atoms with Gasteiger partial charge in [0.05, 0.1) is 6.04 Å². The van der Waals surface area contributed by atoms with Crippen LogP contribution < -0.4 is 10.6 Å². The number of benzene rings is 1. The molecule has 1 fully saturated rings. The van der Waals surface area contributed by atoms with Crippen LogP contribution in [0.4, 0.5) is 0 Å². The molecular formula is C15H21BrN2O. The van der Waals surface area contributed by atoms with Crippen LogP contribution in [0.15, 0.2) is 28.7 Å². The highest BCUT2D eigenvalue weighted by molar-refractivity contribution is 9.10. The van der Waals surface area contributed by atoms with E-state index in [1.807, 2.05) is 31.2 Å². The third kappa shape index (κ3) is 4.62. The molecule has 4 heteroatoms. The highest BCUT2D eigenvalue weighted by atomic mass is 79.9. The van der Waals surface area contributed by atoms with Crippen molar-refractivity contribution in [2.45, 2.75) is 32.2 Å². The molecule has 19 heavy (non-hydrogen) atoms. The molecule has 1 aromatic carbocycles. The molecule has 1 unspecified atom stereocenters. The fourth-order valence-corrected chi connectivity index (χ4v) is 2.94. The first-order chi connectivity index (χ1) is 9.15. The van der Waals surface area contributed by atoms with Crippen LogP contribution in [0.1, 0.15) is 37.8 Å². The molecule has 1 heterocycles. The Morgan fingerprint density at radius 3 is 3.11 bits per heavy atom. The molecule has 0 bridgehead atoms. The Kier molecular flexibility index (Phi) is 5.40. The van der Waals surface area contributed by atoms with E-state index < -0.39 is 0 Å². The van der Waals surface area contributed by atoms with Crippen molar-refractivity contribution in [2.75, 3.05) is 13.1 Å². The summed E-state index contributed by atoms with van der Waals surface area (Å²) in [6, 6.07) is 8.13. The van der Waals surface area contributed by atoms with E-state index in [1.165, 1.54) is 6.42 Å². The van der Waals surface area contributed by atoms with E-state index >= 15 is 0 Å². The van der Waals surface area contributed by atoms with Gasteiger partial charge >= 0.3 is 0 Å². The topological polar surface area (TPSA) is 41.1 Å². The molecule has 0 aliphatic carbocycles. The van der Waals surface area contributed by atoms with Crippen molar-refractivity contribution in [2.24, 2.45) is 5.92 Å². The smallest absolute Gasteiger partial charge is 0.220 e. The van der Waals surface area contributed by atoms with E-state index in [-0.39, 0.29) is 11.9 Å². The molecule has 104 valence electrons. The van der Waals surface area contributed by atoms with Crippen LogP contribution in [-0.2, 0) is 4.79 Å². The maximum Gasteiger partial charge on any atom is 0.220 e. The summed E-state index contributed by atoms with van der Waals surface area (Å²) in [6.45, 7) is 4.09. The lowest BCUT2D eigenvalue weighted by atomic mass is 9.95. The predicted molar refractivity (Wildman–Crippen MR) is 80.9 cm³/mol. The van der Waals surface area contributed by atoms with Gasteiger partial charge in [0.1, 0.15) is 0 Å². The van der Waals surface area contributed by atoms with Gasteiger partial charge in [0, 0.05) is 10.9 Å². The molecule has 1 saturated heterocycles. The van der Waals surface area contributed by atoms with Crippen molar-refractivity contribution < 1.29 is 4.79 Å². The molecule has 0 spiro atoms. The second kappa shape index (κ2) is 7.06. The van der Waals surface area contributed by atoms with Gasteiger partial charge in [-0.2, -0.15) is 0 Å². The van der Waals surface area contributed by atoms with Crippen LogP contribution in [0.25, 0.3) is 0 Å². The Labute approximate surface area is 123 Å². The summed E-state index contributed by atoms with van der Waals surface area (Å²) in [6.07, 6.45) is 2.97. The van der Waals surface area contributed by atoms with Gasteiger partial charge in [-0.25, -0.2) is 0 Å². The summed E-state index contributed by atoms with van der Waals surface area (Å²) >= 11 is 3.46. The molecule has 1 amide bonds. The lowest BCUT2D eigenvalue weighted by Gasteiger charge is -2.23. The summed E-state index contributed by atoms with van der Waals surface area (Å²) in [4.78, 5) is 12.0. The maximum absolute atomic E-state index is 12.0. The van der Waals surface area contributed by atoms with Gasteiger partial charge < -0.3 is 10.6 Å². The largest absolute Gasteiger partial charge is 0.350 e. The van der Waals surface area contributed by atoms with Crippen molar-refractivity contribution in [3.05, 3.63) is 34.3 Å². The molecule has 0 aromatic heterocycles. The fraction of sp³-hybridized carbons (Fsp3) is 0.533. The van der Waals surface area contributed by atoms with Crippen LogP contribution in [0.2, 0.25) is 0 Å². The molecule has 1 aliphatic rings. The molecule has 0 radical (unpaired) electrons. The number of hydrogen-bond donors (Lipinski definition) is 2. The van der Waals surface area contributed by atoms with Crippen LogP contribution >= 0.6 is 15.9 Å². The quantitative estimate of drug-likeness (QED) is 0.893.